The highest BCUT2D eigenvalue weighted by atomic mass is 15.0. The molecule has 18 heavy (non-hydrogen) atoms. The van der Waals surface area contributed by atoms with Crippen LogP contribution in [0.3, 0.4) is 0 Å². The van der Waals surface area contributed by atoms with Crippen LogP contribution in [0.1, 0.15) is 51.3 Å². The number of hydrogen-bond acceptors (Lipinski definition) is 2. The first-order valence-corrected chi connectivity index (χ1v) is 7.33. The van der Waals surface area contributed by atoms with Gasteiger partial charge in [0.15, 0.2) is 0 Å². The Kier molecular flexibility index (Phi) is 4.44. The van der Waals surface area contributed by atoms with E-state index in [-0.39, 0.29) is 0 Å². The lowest BCUT2D eigenvalue weighted by Crippen LogP contribution is -2.19. The van der Waals surface area contributed by atoms with Gasteiger partial charge < -0.3 is 10.3 Å². The number of aromatic nitrogens is 2. The van der Waals surface area contributed by atoms with Gasteiger partial charge in [0, 0.05) is 5.69 Å². The van der Waals surface area contributed by atoms with Crippen molar-refractivity contribution in [3.05, 3.63) is 17.2 Å². The number of hydrogen-bond donors (Lipinski definition) is 2. The lowest BCUT2D eigenvalue weighted by molar-refractivity contribution is 0.338. The van der Waals surface area contributed by atoms with Gasteiger partial charge in [-0.1, -0.05) is 27.7 Å². The maximum atomic E-state index is 4.72. The van der Waals surface area contributed by atoms with Crippen LogP contribution in [0.15, 0.2) is 0 Å². The minimum absolute atomic E-state index is 0.694. The van der Waals surface area contributed by atoms with Gasteiger partial charge in [0.25, 0.3) is 0 Å². The summed E-state index contributed by atoms with van der Waals surface area (Å²) in [6.07, 6.45) is 3.64. The number of nitrogens with one attached hydrogen (secondary N) is 2. The highest BCUT2D eigenvalue weighted by Crippen LogP contribution is 2.28. The molecule has 0 saturated carbocycles. The fraction of sp³-hybridized carbons (Fsp3) is 0.800. The topological polar surface area (TPSA) is 40.7 Å². The van der Waals surface area contributed by atoms with Crippen LogP contribution in [0, 0.1) is 17.8 Å². The normalized spacial score (nSPS) is 19.6. The van der Waals surface area contributed by atoms with Crippen LogP contribution in [0.25, 0.3) is 0 Å². The van der Waals surface area contributed by atoms with E-state index in [1.807, 2.05) is 0 Å². The molecule has 0 radical (unpaired) electrons. The average Bonchev–Trinajstić information content (AvgIpc) is 2.69. The second-order valence-corrected chi connectivity index (χ2v) is 6.38. The monoisotopic (exact) mass is 249 g/mol. The molecule has 1 aliphatic carbocycles. The largest absolute Gasteiger partial charge is 0.345 e. The number of nitrogens with zero attached hydrogens (tertiary/aromatic N) is 1. The maximum absolute atomic E-state index is 4.72. The van der Waals surface area contributed by atoms with E-state index in [1.54, 1.807) is 0 Å². The van der Waals surface area contributed by atoms with Gasteiger partial charge in [-0.3, -0.25) is 0 Å². The number of rotatable bonds is 5. The molecular weight excluding hydrogens is 222 g/mol. The summed E-state index contributed by atoms with van der Waals surface area (Å²) in [5, 5.41) is 3.45. The minimum Gasteiger partial charge on any atom is -0.345 e. The van der Waals surface area contributed by atoms with Crippen LogP contribution in [0.5, 0.6) is 0 Å². The third kappa shape index (κ3) is 3.35. The molecule has 0 bridgehead atoms. The molecule has 0 aliphatic heterocycles. The molecule has 0 spiro atoms. The molecule has 0 saturated heterocycles. The lowest BCUT2D eigenvalue weighted by atomic mass is 9.82. The van der Waals surface area contributed by atoms with Gasteiger partial charge in [-0.25, -0.2) is 4.98 Å². The van der Waals surface area contributed by atoms with Gasteiger partial charge in [-0.05, 0) is 43.6 Å². The van der Waals surface area contributed by atoms with Gasteiger partial charge in [0.05, 0.1) is 12.2 Å². The van der Waals surface area contributed by atoms with E-state index in [4.69, 9.17) is 4.98 Å². The summed E-state index contributed by atoms with van der Waals surface area (Å²) in [6.45, 7) is 11.0. The summed E-state index contributed by atoms with van der Waals surface area (Å²) < 4.78 is 0. The number of aromatic amines is 1. The molecule has 1 atom stereocenters. The highest BCUT2D eigenvalue weighted by Gasteiger charge is 2.23. The summed E-state index contributed by atoms with van der Waals surface area (Å²) in [5.41, 5.74) is 2.70. The fourth-order valence-corrected chi connectivity index (χ4v) is 2.70. The molecular formula is C15H27N3. The zero-order valence-corrected chi connectivity index (χ0v) is 12.2. The van der Waals surface area contributed by atoms with Gasteiger partial charge in [0.2, 0.25) is 0 Å². The zero-order chi connectivity index (χ0) is 13.1. The molecule has 3 nitrogen and oxygen atoms in total. The van der Waals surface area contributed by atoms with Crippen LogP contribution in [-0.2, 0) is 19.4 Å². The Morgan fingerprint density at radius 3 is 2.78 bits per heavy atom. The Bertz CT molecular complexity index is 379. The quantitative estimate of drug-likeness (QED) is 0.842. The standard InChI is InChI=1S/C15H27N3/c1-10(2)8-16-9-15-17-13-6-5-12(11(3)4)7-14(13)18-15/h10-12,16H,5-9H2,1-4H3,(H,17,18). The van der Waals surface area contributed by atoms with Crippen molar-refractivity contribution < 1.29 is 0 Å². The maximum Gasteiger partial charge on any atom is 0.120 e. The van der Waals surface area contributed by atoms with E-state index in [0.29, 0.717) is 5.92 Å². The van der Waals surface area contributed by atoms with E-state index < -0.39 is 0 Å². The summed E-state index contributed by atoms with van der Waals surface area (Å²) in [5.74, 6) is 3.42. The molecule has 1 heterocycles. The molecule has 0 aromatic carbocycles. The van der Waals surface area contributed by atoms with E-state index >= 15 is 0 Å². The van der Waals surface area contributed by atoms with Gasteiger partial charge in [-0.2, -0.15) is 0 Å². The van der Waals surface area contributed by atoms with Crippen molar-refractivity contribution in [2.24, 2.45) is 17.8 Å². The lowest BCUT2D eigenvalue weighted by Gasteiger charge is -2.24. The molecule has 3 heteroatoms. The second kappa shape index (κ2) is 5.87. The molecule has 2 N–H and O–H groups in total. The van der Waals surface area contributed by atoms with Crippen molar-refractivity contribution in [2.75, 3.05) is 6.54 Å². The number of aryl methyl sites for hydroxylation is 1. The first-order chi connectivity index (χ1) is 8.56. The Morgan fingerprint density at radius 2 is 2.11 bits per heavy atom. The van der Waals surface area contributed by atoms with Crippen LogP contribution >= 0.6 is 0 Å². The molecule has 1 unspecified atom stereocenters. The fourth-order valence-electron chi connectivity index (χ4n) is 2.70. The van der Waals surface area contributed by atoms with Crippen molar-refractivity contribution in [1.29, 1.82) is 0 Å². The number of fused-ring (bicyclic) bond motifs is 1. The van der Waals surface area contributed by atoms with Crippen LogP contribution < -0.4 is 5.32 Å². The van der Waals surface area contributed by atoms with Crippen LogP contribution in [0.4, 0.5) is 0 Å². The van der Waals surface area contributed by atoms with Gasteiger partial charge in [-0.15, -0.1) is 0 Å². The first kappa shape index (κ1) is 13.6. The van der Waals surface area contributed by atoms with Crippen LogP contribution in [-0.4, -0.2) is 16.5 Å². The zero-order valence-electron chi connectivity index (χ0n) is 12.2. The third-order valence-electron chi connectivity index (χ3n) is 3.92. The van der Waals surface area contributed by atoms with E-state index in [0.717, 1.165) is 37.2 Å². The molecule has 102 valence electrons. The minimum atomic E-state index is 0.694. The summed E-state index contributed by atoms with van der Waals surface area (Å²) >= 11 is 0. The molecule has 1 aromatic rings. The molecule has 0 fully saturated rings. The summed E-state index contributed by atoms with van der Waals surface area (Å²) in [6, 6.07) is 0. The third-order valence-corrected chi connectivity index (χ3v) is 3.92. The number of H-pyrrole nitrogens is 1. The Labute approximate surface area is 111 Å². The molecule has 1 aliphatic rings. The Hall–Kier alpha value is -0.830. The Balaban J connectivity index is 1.93. The van der Waals surface area contributed by atoms with Gasteiger partial charge >= 0.3 is 0 Å². The van der Waals surface area contributed by atoms with E-state index in [9.17, 15) is 0 Å². The van der Waals surface area contributed by atoms with Crippen molar-refractivity contribution in [2.45, 2.75) is 53.5 Å². The summed E-state index contributed by atoms with van der Waals surface area (Å²) in [4.78, 5) is 8.24. The smallest absolute Gasteiger partial charge is 0.120 e. The Morgan fingerprint density at radius 1 is 1.33 bits per heavy atom. The van der Waals surface area contributed by atoms with Gasteiger partial charge in [0.1, 0.15) is 5.82 Å². The molecule has 1 aromatic heterocycles. The van der Waals surface area contributed by atoms with Crippen molar-refractivity contribution in [3.8, 4) is 0 Å². The highest BCUT2D eigenvalue weighted by molar-refractivity contribution is 5.18. The van der Waals surface area contributed by atoms with E-state index in [1.165, 1.54) is 24.2 Å². The van der Waals surface area contributed by atoms with E-state index in [2.05, 4.69) is 38.0 Å². The van der Waals surface area contributed by atoms with Crippen molar-refractivity contribution >= 4 is 0 Å². The number of imidazole rings is 1. The predicted octanol–water partition coefficient (Wildman–Crippen LogP) is 2.92. The molecule has 0 amide bonds. The van der Waals surface area contributed by atoms with Crippen molar-refractivity contribution in [1.82, 2.24) is 15.3 Å². The first-order valence-electron chi connectivity index (χ1n) is 7.33. The van der Waals surface area contributed by atoms with Crippen LogP contribution in [0.2, 0.25) is 0 Å². The average molecular weight is 249 g/mol. The SMILES string of the molecule is CC(C)CNCc1nc2c([nH]1)CC(C(C)C)CC2. The van der Waals surface area contributed by atoms with Crippen molar-refractivity contribution in [3.63, 3.8) is 0 Å². The molecule has 2 rings (SSSR count). The predicted molar refractivity (Wildman–Crippen MR) is 75.5 cm³/mol. The summed E-state index contributed by atoms with van der Waals surface area (Å²) in [7, 11) is 0. The second-order valence-electron chi connectivity index (χ2n) is 6.38.